The third-order valence-corrected chi connectivity index (χ3v) is 4.99. The number of benzene rings is 1. The summed E-state index contributed by atoms with van der Waals surface area (Å²) in [5, 5.41) is 4.83. The van der Waals surface area contributed by atoms with Crippen LogP contribution in [0.15, 0.2) is 28.8 Å². The molecule has 0 amide bonds. The fourth-order valence-corrected chi connectivity index (χ4v) is 3.65. The quantitative estimate of drug-likeness (QED) is 0.865. The predicted molar refractivity (Wildman–Crippen MR) is 82.3 cm³/mol. The number of anilines is 1. The molecule has 0 aliphatic heterocycles. The van der Waals surface area contributed by atoms with E-state index in [0.717, 1.165) is 28.1 Å². The Morgan fingerprint density at radius 3 is 2.65 bits per heavy atom. The molecule has 1 saturated carbocycles. The number of nitrogens with two attached hydrogens (primary N) is 1. The molecule has 20 heavy (non-hydrogen) atoms. The number of hydrogen-bond donors (Lipinski definition) is 1. The molecule has 2 aromatic rings. The van der Waals surface area contributed by atoms with Gasteiger partial charge in [0, 0.05) is 16.5 Å². The molecule has 0 spiro atoms. The van der Waals surface area contributed by atoms with E-state index in [1.54, 1.807) is 0 Å². The fraction of sp³-hybridized carbons (Fsp3) is 0.467. The lowest BCUT2D eigenvalue weighted by Crippen LogP contribution is -2.08. The molecule has 106 valence electrons. The molecule has 1 aliphatic carbocycles. The van der Waals surface area contributed by atoms with E-state index in [2.05, 4.69) is 10.1 Å². The highest BCUT2D eigenvalue weighted by Gasteiger charge is 2.15. The van der Waals surface area contributed by atoms with Crippen LogP contribution in [0.2, 0.25) is 0 Å². The first-order valence-corrected chi connectivity index (χ1v) is 8.16. The van der Waals surface area contributed by atoms with Crippen LogP contribution >= 0.6 is 11.8 Å². The van der Waals surface area contributed by atoms with Gasteiger partial charge >= 0.3 is 0 Å². The highest BCUT2D eigenvalue weighted by molar-refractivity contribution is 7.99. The van der Waals surface area contributed by atoms with Crippen LogP contribution in [-0.2, 0) is 5.75 Å². The molecule has 0 radical (unpaired) electrons. The number of aromatic nitrogens is 2. The summed E-state index contributed by atoms with van der Waals surface area (Å²) in [4.78, 5) is 4.46. The zero-order valence-corrected chi connectivity index (χ0v) is 12.2. The molecule has 1 heterocycles. The topological polar surface area (TPSA) is 64.9 Å². The summed E-state index contributed by atoms with van der Waals surface area (Å²) in [6.07, 6.45) is 6.77. The minimum atomic E-state index is 0.573. The van der Waals surface area contributed by atoms with Crippen molar-refractivity contribution in [3.05, 3.63) is 30.1 Å². The standard InChI is InChI=1S/C15H19N3OS/c16-12-8-6-11(7-9-12)15-17-14(18-19-15)10-20-13-4-2-1-3-5-13/h6-9,13H,1-5,10,16H2. The molecule has 0 atom stereocenters. The lowest BCUT2D eigenvalue weighted by Gasteiger charge is -2.19. The second-order valence-electron chi connectivity index (χ2n) is 5.21. The maximum atomic E-state index is 5.67. The average Bonchev–Trinajstić information content (AvgIpc) is 2.96. The molecule has 1 aromatic heterocycles. The Labute approximate surface area is 123 Å². The van der Waals surface area contributed by atoms with Gasteiger partial charge in [0.15, 0.2) is 5.82 Å². The van der Waals surface area contributed by atoms with Crippen LogP contribution in [0.3, 0.4) is 0 Å². The number of hydrogen-bond acceptors (Lipinski definition) is 5. The molecular formula is C15H19N3OS. The van der Waals surface area contributed by atoms with Gasteiger partial charge in [-0.25, -0.2) is 0 Å². The Morgan fingerprint density at radius 1 is 1.15 bits per heavy atom. The highest BCUT2D eigenvalue weighted by Crippen LogP contribution is 2.30. The molecule has 1 fully saturated rings. The normalized spacial score (nSPS) is 16.4. The van der Waals surface area contributed by atoms with Crippen molar-refractivity contribution in [2.45, 2.75) is 43.1 Å². The van der Waals surface area contributed by atoms with Crippen molar-refractivity contribution >= 4 is 17.4 Å². The summed E-state index contributed by atoms with van der Waals surface area (Å²) >= 11 is 1.96. The molecule has 5 heteroatoms. The van der Waals surface area contributed by atoms with E-state index in [1.807, 2.05) is 36.0 Å². The van der Waals surface area contributed by atoms with Crippen LogP contribution in [-0.4, -0.2) is 15.4 Å². The van der Waals surface area contributed by atoms with Gasteiger partial charge in [0.05, 0.1) is 5.75 Å². The number of nitrogens with zero attached hydrogens (tertiary/aromatic N) is 2. The van der Waals surface area contributed by atoms with Crippen LogP contribution < -0.4 is 5.73 Å². The van der Waals surface area contributed by atoms with Gasteiger partial charge < -0.3 is 10.3 Å². The van der Waals surface area contributed by atoms with E-state index in [-0.39, 0.29) is 0 Å². The minimum absolute atomic E-state index is 0.573. The van der Waals surface area contributed by atoms with Crippen LogP contribution in [0.5, 0.6) is 0 Å². The van der Waals surface area contributed by atoms with Gasteiger partial charge in [-0.2, -0.15) is 16.7 Å². The maximum absolute atomic E-state index is 5.67. The summed E-state index contributed by atoms with van der Waals surface area (Å²) in [7, 11) is 0. The number of rotatable bonds is 4. The van der Waals surface area contributed by atoms with Crippen molar-refractivity contribution in [2.75, 3.05) is 5.73 Å². The van der Waals surface area contributed by atoms with Gasteiger partial charge in [0.25, 0.3) is 5.89 Å². The van der Waals surface area contributed by atoms with Crippen molar-refractivity contribution in [1.82, 2.24) is 10.1 Å². The lowest BCUT2D eigenvalue weighted by atomic mass is 10.0. The molecule has 0 unspecified atom stereocenters. The Hall–Kier alpha value is -1.49. The second-order valence-corrected chi connectivity index (χ2v) is 6.50. The molecular weight excluding hydrogens is 270 g/mol. The van der Waals surface area contributed by atoms with Crippen LogP contribution in [0.25, 0.3) is 11.5 Å². The van der Waals surface area contributed by atoms with E-state index in [0.29, 0.717) is 5.89 Å². The Morgan fingerprint density at radius 2 is 1.90 bits per heavy atom. The Bertz CT molecular complexity index is 547. The third-order valence-electron chi connectivity index (χ3n) is 3.63. The summed E-state index contributed by atoms with van der Waals surface area (Å²) in [5.74, 6) is 2.19. The largest absolute Gasteiger partial charge is 0.399 e. The van der Waals surface area contributed by atoms with Crippen LogP contribution in [0.4, 0.5) is 5.69 Å². The van der Waals surface area contributed by atoms with Crippen molar-refractivity contribution in [3.8, 4) is 11.5 Å². The first kappa shape index (κ1) is 13.5. The van der Waals surface area contributed by atoms with E-state index in [1.165, 1.54) is 32.1 Å². The molecule has 4 nitrogen and oxygen atoms in total. The van der Waals surface area contributed by atoms with Gasteiger partial charge in [0.1, 0.15) is 0 Å². The van der Waals surface area contributed by atoms with Gasteiger partial charge in [-0.15, -0.1) is 0 Å². The highest BCUT2D eigenvalue weighted by atomic mass is 32.2. The monoisotopic (exact) mass is 289 g/mol. The molecule has 3 rings (SSSR count). The zero-order chi connectivity index (χ0) is 13.8. The molecule has 1 aromatic carbocycles. The minimum Gasteiger partial charge on any atom is -0.399 e. The van der Waals surface area contributed by atoms with E-state index in [9.17, 15) is 0 Å². The predicted octanol–water partition coefficient (Wildman–Crippen LogP) is 3.88. The van der Waals surface area contributed by atoms with E-state index < -0.39 is 0 Å². The van der Waals surface area contributed by atoms with Crippen molar-refractivity contribution < 1.29 is 4.52 Å². The third kappa shape index (κ3) is 3.33. The van der Waals surface area contributed by atoms with Crippen molar-refractivity contribution in [2.24, 2.45) is 0 Å². The van der Waals surface area contributed by atoms with Gasteiger partial charge in [-0.05, 0) is 37.1 Å². The summed E-state index contributed by atoms with van der Waals surface area (Å²) < 4.78 is 5.32. The summed E-state index contributed by atoms with van der Waals surface area (Å²) in [6.45, 7) is 0. The Balaban J connectivity index is 1.60. The molecule has 1 aliphatic rings. The number of thioether (sulfide) groups is 1. The summed E-state index contributed by atoms with van der Waals surface area (Å²) in [6, 6.07) is 7.49. The zero-order valence-electron chi connectivity index (χ0n) is 11.4. The first-order chi connectivity index (χ1) is 9.81. The van der Waals surface area contributed by atoms with Gasteiger partial charge in [-0.1, -0.05) is 24.4 Å². The lowest BCUT2D eigenvalue weighted by molar-refractivity contribution is 0.425. The van der Waals surface area contributed by atoms with Crippen molar-refractivity contribution in [1.29, 1.82) is 0 Å². The van der Waals surface area contributed by atoms with E-state index >= 15 is 0 Å². The van der Waals surface area contributed by atoms with Crippen LogP contribution in [0, 0.1) is 0 Å². The van der Waals surface area contributed by atoms with Crippen molar-refractivity contribution in [3.63, 3.8) is 0 Å². The SMILES string of the molecule is Nc1ccc(-c2nc(CSC3CCCCC3)no2)cc1. The fourth-order valence-electron chi connectivity index (χ4n) is 2.48. The maximum Gasteiger partial charge on any atom is 0.257 e. The number of nitrogen functional groups attached to an aromatic ring is 1. The Kier molecular flexibility index (Phi) is 4.25. The van der Waals surface area contributed by atoms with Gasteiger partial charge in [-0.3, -0.25) is 0 Å². The molecule has 0 saturated heterocycles. The smallest absolute Gasteiger partial charge is 0.257 e. The van der Waals surface area contributed by atoms with Gasteiger partial charge in [0.2, 0.25) is 0 Å². The first-order valence-electron chi connectivity index (χ1n) is 7.11. The second kappa shape index (κ2) is 6.31. The summed E-state index contributed by atoms with van der Waals surface area (Å²) in [5.41, 5.74) is 7.32. The van der Waals surface area contributed by atoms with E-state index in [4.69, 9.17) is 10.3 Å². The van der Waals surface area contributed by atoms with Crippen LogP contribution in [0.1, 0.15) is 37.9 Å². The molecule has 2 N–H and O–H groups in total. The molecule has 0 bridgehead atoms. The average molecular weight is 289 g/mol.